The van der Waals surface area contributed by atoms with Gasteiger partial charge in [-0.15, -0.1) is 0 Å². The van der Waals surface area contributed by atoms with Gasteiger partial charge in [0.25, 0.3) is 0 Å². The van der Waals surface area contributed by atoms with E-state index in [9.17, 15) is 19.5 Å². The van der Waals surface area contributed by atoms with Crippen LogP contribution in [0.2, 0.25) is 0 Å². The molecule has 2 aliphatic heterocycles. The molecule has 4 atom stereocenters. The van der Waals surface area contributed by atoms with Crippen LogP contribution in [0.1, 0.15) is 76.3 Å². The molecule has 5 N–H and O–H groups in total. The number of ether oxygens (including phenoxy) is 1. The van der Waals surface area contributed by atoms with Crippen LogP contribution in [0.3, 0.4) is 0 Å². The number of carbonyl (C=O) groups is 3. The average molecular weight is 610 g/mol. The summed E-state index contributed by atoms with van der Waals surface area (Å²) in [5.41, 5.74) is 8.30. The van der Waals surface area contributed by atoms with E-state index in [0.29, 0.717) is 22.9 Å². The Morgan fingerprint density at radius 2 is 1.84 bits per heavy atom. The van der Waals surface area contributed by atoms with Gasteiger partial charge in [-0.3, -0.25) is 24.1 Å². The van der Waals surface area contributed by atoms with Crippen LogP contribution in [0, 0.1) is 38.5 Å². The van der Waals surface area contributed by atoms with Gasteiger partial charge in [0.05, 0.1) is 29.2 Å². The Kier molecular flexibility index (Phi) is 7.34. The number of aliphatic imine (C=N–C) groups is 1. The maximum Gasteiger partial charge on any atom is 0.320 e. The van der Waals surface area contributed by atoms with E-state index in [4.69, 9.17) is 15.6 Å². The second-order valence-corrected chi connectivity index (χ2v) is 12.3. The van der Waals surface area contributed by atoms with Crippen LogP contribution in [0.5, 0.6) is 0 Å². The van der Waals surface area contributed by atoms with E-state index in [2.05, 4.69) is 30.4 Å². The standard InChI is InChI=1S/C35H39N5O5/c1-8-19-15(3)23-14-27-20(9-2)17(5)26(40(27)36)13-24-16(4)21(10-11-28(41)42)32(38-24)30-31(35(44)45-7)34(43)29-18(6)22(39-33(29)30)12-25(19)37-23/h9,12-14,16,21,31-32,37,39H,2,8,10-11,36H2,1,3-7H3,(H,41,42)/b22-12-,26-13?,27-14?/t16-,21-,31+,32?/m0/s1. The van der Waals surface area contributed by atoms with E-state index in [1.54, 1.807) is 10.8 Å². The number of nitrogens with one attached hydrogen (secondary N) is 2. The minimum absolute atomic E-state index is 0.0752. The van der Waals surface area contributed by atoms with Gasteiger partial charge in [0, 0.05) is 51.5 Å². The predicted octanol–water partition coefficient (Wildman–Crippen LogP) is 1.52. The number of H-pyrrole nitrogens is 2. The van der Waals surface area contributed by atoms with Gasteiger partial charge in [0.1, 0.15) is 5.92 Å². The summed E-state index contributed by atoms with van der Waals surface area (Å²) in [7, 11) is 1.27. The molecule has 3 aromatic rings. The van der Waals surface area contributed by atoms with Crippen molar-refractivity contribution in [3.05, 3.63) is 72.7 Å². The van der Waals surface area contributed by atoms with Crippen LogP contribution in [0.15, 0.2) is 11.6 Å². The monoisotopic (exact) mass is 609 g/mol. The molecule has 0 radical (unpaired) electrons. The van der Waals surface area contributed by atoms with Gasteiger partial charge >= 0.3 is 11.9 Å². The Hall–Kier alpha value is -4.86. The first-order chi connectivity index (χ1) is 21.4. The highest BCUT2D eigenvalue weighted by Crippen LogP contribution is 2.41. The molecule has 234 valence electrons. The zero-order valence-electron chi connectivity index (χ0n) is 26.5. The zero-order valence-corrected chi connectivity index (χ0v) is 26.5. The van der Waals surface area contributed by atoms with Crippen molar-refractivity contribution in [2.75, 3.05) is 13.0 Å². The van der Waals surface area contributed by atoms with Crippen molar-refractivity contribution < 1.29 is 24.2 Å². The molecule has 0 amide bonds. The summed E-state index contributed by atoms with van der Waals surface area (Å²) >= 11 is 0. The summed E-state index contributed by atoms with van der Waals surface area (Å²) < 4.78 is 6.80. The minimum atomic E-state index is -1.17. The SMILES string of the molecule is C=Cc1c(C)c2n(N)c1=Cc1[nH]c(c(CC)c1C)/C=c1\[nH]c3c(c1C)C(=O)[C@H](C(=O)OC)C=3C1N=C(C=2)[C@@H](C)[C@@H]1CCC(=O)O. The number of Topliss-reactive ketones (excluding diaryl/α,β-unsaturated/α-hetero) is 1. The average Bonchev–Trinajstić information content (AvgIpc) is 3.72. The molecule has 10 heteroatoms. The number of aromatic amines is 2. The molecule has 0 aromatic carbocycles. The van der Waals surface area contributed by atoms with Crippen LogP contribution in [-0.2, 0) is 20.7 Å². The number of nitrogens with two attached hydrogens (primary N) is 1. The van der Waals surface area contributed by atoms with Gasteiger partial charge in [-0.2, -0.15) is 0 Å². The van der Waals surface area contributed by atoms with E-state index in [1.165, 1.54) is 7.11 Å². The first kappa shape index (κ1) is 30.2. The maximum absolute atomic E-state index is 14.0. The normalized spacial score (nSPS) is 22.4. The van der Waals surface area contributed by atoms with Crippen molar-refractivity contribution in [3.8, 4) is 0 Å². The number of hydrogen-bond acceptors (Lipinski definition) is 6. The smallest absolute Gasteiger partial charge is 0.320 e. The summed E-state index contributed by atoms with van der Waals surface area (Å²) in [6, 6.07) is -0.629. The highest BCUT2D eigenvalue weighted by Gasteiger charge is 2.48. The molecule has 10 nitrogen and oxygen atoms in total. The van der Waals surface area contributed by atoms with Crippen LogP contribution in [0.25, 0.3) is 29.9 Å². The molecule has 0 saturated heterocycles. The number of esters is 1. The summed E-state index contributed by atoms with van der Waals surface area (Å²) in [6.07, 6.45) is 8.80. The molecule has 0 saturated carbocycles. The number of rotatable bonds is 6. The van der Waals surface area contributed by atoms with E-state index < -0.39 is 23.9 Å². The van der Waals surface area contributed by atoms with Crippen LogP contribution in [-0.4, -0.2) is 56.3 Å². The lowest BCUT2D eigenvalue weighted by Crippen LogP contribution is -2.36. The molecule has 3 aliphatic rings. The third kappa shape index (κ3) is 4.45. The van der Waals surface area contributed by atoms with Crippen molar-refractivity contribution >= 4 is 53.3 Å². The van der Waals surface area contributed by atoms with Crippen LogP contribution >= 0.6 is 0 Å². The first-order valence-corrected chi connectivity index (χ1v) is 15.3. The number of aliphatic carboxylic acids is 1. The minimum Gasteiger partial charge on any atom is -0.481 e. The second kappa shape index (κ2) is 10.9. The molecule has 6 rings (SSSR count). The fraction of sp³-hybridized carbons (Fsp3) is 0.371. The number of carbonyl (C=O) groups excluding carboxylic acids is 2. The van der Waals surface area contributed by atoms with Gasteiger partial charge in [-0.25, -0.2) is 0 Å². The molecule has 5 heterocycles. The fourth-order valence-electron chi connectivity index (χ4n) is 7.59. The summed E-state index contributed by atoms with van der Waals surface area (Å²) in [5, 5.41) is 12.5. The van der Waals surface area contributed by atoms with E-state index in [0.717, 1.165) is 67.4 Å². The molecule has 45 heavy (non-hydrogen) atoms. The van der Waals surface area contributed by atoms with Crippen molar-refractivity contribution in [3.63, 3.8) is 0 Å². The molecule has 1 aliphatic carbocycles. The molecule has 8 bridgehead atoms. The van der Waals surface area contributed by atoms with Gasteiger partial charge in [-0.05, 0) is 80.0 Å². The highest BCUT2D eigenvalue weighted by atomic mass is 16.5. The maximum atomic E-state index is 14.0. The third-order valence-corrected chi connectivity index (χ3v) is 10.1. The predicted molar refractivity (Wildman–Crippen MR) is 174 cm³/mol. The molecular formula is C35H39N5O5. The Morgan fingerprint density at radius 3 is 2.49 bits per heavy atom. The van der Waals surface area contributed by atoms with Crippen molar-refractivity contribution in [2.24, 2.45) is 22.7 Å². The summed E-state index contributed by atoms with van der Waals surface area (Å²) in [4.78, 5) is 51.3. The van der Waals surface area contributed by atoms with Crippen LogP contribution < -0.4 is 27.2 Å². The lowest BCUT2D eigenvalue weighted by molar-refractivity contribution is -0.142. The topological polar surface area (TPSA) is 156 Å². The van der Waals surface area contributed by atoms with Crippen molar-refractivity contribution in [1.82, 2.24) is 14.6 Å². The van der Waals surface area contributed by atoms with Gasteiger partial charge < -0.3 is 25.7 Å². The van der Waals surface area contributed by atoms with Gasteiger partial charge in [-0.1, -0.05) is 26.5 Å². The number of nitrogen functional groups attached to an aromatic ring is 1. The number of aromatic nitrogens is 3. The highest BCUT2D eigenvalue weighted by molar-refractivity contribution is 6.20. The summed E-state index contributed by atoms with van der Waals surface area (Å²) in [6.45, 7) is 14.1. The molecule has 0 fully saturated rings. The van der Waals surface area contributed by atoms with E-state index in [1.807, 2.05) is 39.0 Å². The Labute approximate surface area is 260 Å². The van der Waals surface area contributed by atoms with E-state index in [-0.39, 0.29) is 24.0 Å². The molecule has 3 aromatic heterocycles. The second-order valence-electron chi connectivity index (χ2n) is 12.3. The largest absolute Gasteiger partial charge is 0.481 e. The van der Waals surface area contributed by atoms with Crippen LogP contribution in [0.4, 0.5) is 0 Å². The van der Waals surface area contributed by atoms with Crippen molar-refractivity contribution in [2.45, 2.75) is 59.9 Å². The number of carboxylic acid groups (broad SMARTS) is 1. The first-order valence-electron chi connectivity index (χ1n) is 15.3. The zero-order chi connectivity index (χ0) is 32.5. The van der Waals surface area contributed by atoms with Crippen molar-refractivity contribution in [1.29, 1.82) is 0 Å². The number of methoxy groups -OCH3 is 1. The number of nitrogens with zero attached hydrogens (tertiary/aromatic N) is 2. The molecular weight excluding hydrogens is 570 g/mol. The Balaban J connectivity index is 1.78. The number of carboxylic acids is 1. The quantitative estimate of drug-likeness (QED) is 0.189. The molecule has 1 unspecified atom stereocenters. The lowest BCUT2D eigenvalue weighted by Gasteiger charge is -2.24. The summed E-state index contributed by atoms with van der Waals surface area (Å²) in [5.74, 6) is 3.24. The van der Waals surface area contributed by atoms with Gasteiger partial charge in [0.2, 0.25) is 0 Å². The Morgan fingerprint density at radius 1 is 1.11 bits per heavy atom. The lowest BCUT2D eigenvalue weighted by atomic mass is 9.79. The molecule has 0 spiro atoms. The third-order valence-electron chi connectivity index (χ3n) is 10.1. The van der Waals surface area contributed by atoms with Gasteiger partial charge in [0.15, 0.2) is 5.78 Å². The Bertz CT molecular complexity index is 2100. The number of ketones is 1. The fourth-order valence-corrected chi connectivity index (χ4v) is 7.59. The van der Waals surface area contributed by atoms with E-state index >= 15 is 0 Å². The number of fused-ring (bicyclic) bond motifs is 7. The number of hydrogen-bond donors (Lipinski definition) is 4.